The molecule has 0 aliphatic carbocycles. The molecule has 1 N–H and O–H groups in total. The second-order valence-electron chi connectivity index (χ2n) is 6.50. The van der Waals surface area contributed by atoms with Crippen LogP contribution in [0.15, 0.2) is 54.3 Å². The molecule has 0 amide bonds. The summed E-state index contributed by atoms with van der Waals surface area (Å²) in [6.07, 6.45) is 5.75. The van der Waals surface area contributed by atoms with Gasteiger partial charge in [-0.15, -0.1) is 11.3 Å². The van der Waals surface area contributed by atoms with E-state index in [1.165, 1.54) is 19.2 Å². The Kier molecular flexibility index (Phi) is 4.46. The number of benzene rings is 1. The topological polar surface area (TPSA) is 76.1 Å². The fraction of sp³-hybridized carbons (Fsp3) is 0.200. The number of aromatic nitrogens is 4. The highest BCUT2D eigenvalue weighted by atomic mass is 32.1. The van der Waals surface area contributed by atoms with Crippen LogP contribution in [0.25, 0.3) is 10.2 Å². The second-order valence-corrected chi connectivity index (χ2v) is 7.41. The summed E-state index contributed by atoms with van der Waals surface area (Å²) in [5, 5.41) is 5.24. The van der Waals surface area contributed by atoms with Crippen molar-refractivity contribution in [3.8, 4) is 11.6 Å². The average molecular weight is 390 g/mol. The van der Waals surface area contributed by atoms with E-state index in [-0.39, 0.29) is 0 Å². The van der Waals surface area contributed by atoms with Crippen LogP contribution in [0.2, 0.25) is 0 Å². The maximum atomic E-state index is 5.94. The van der Waals surface area contributed by atoms with Crippen molar-refractivity contribution in [1.29, 1.82) is 0 Å². The van der Waals surface area contributed by atoms with Gasteiger partial charge in [-0.25, -0.2) is 15.0 Å². The predicted molar refractivity (Wildman–Crippen MR) is 111 cm³/mol. The van der Waals surface area contributed by atoms with Crippen LogP contribution in [-0.4, -0.2) is 33.0 Å². The molecule has 8 heteroatoms. The Bertz CT molecular complexity index is 1090. The molecule has 1 aliphatic heterocycles. The maximum Gasteiger partial charge on any atom is 0.240 e. The highest BCUT2D eigenvalue weighted by molar-refractivity contribution is 7.17. The molecule has 1 aliphatic rings. The molecule has 7 nitrogen and oxygen atoms in total. The van der Waals surface area contributed by atoms with Gasteiger partial charge in [-0.3, -0.25) is 0 Å². The molecule has 140 valence electrons. The van der Waals surface area contributed by atoms with Crippen molar-refractivity contribution < 1.29 is 4.74 Å². The Morgan fingerprint density at radius 2 is 1.82 bits per heavy atom. The molecule has 3 aromatic heterocycles. The van der Waals surface area contributed by atoms with Gasteiger partial charge in [0, 0.05) is 25.0 Å². The first-order chi connectivity index (χ1) is 13.8. The summed E-state index contributed by atoms with van der Waals surface area (Å²) >= 11 is 1.57. The molecular formula is C20H18N6OS. The summed E-state index contributed by atoms with van der Waals surface area (Å²) in [5.74, 6) is 2.85. The minimum Gasteiger partial charge on any atom is -0.437 e. The zero-order chi connectivity index (χ0) is 18.8. The van der Waals surface area contributed by atoms with Gasteiger partial charge in [-0.05, 0) is 54.6 Å². The number of hydrogen-bond donors (Lipinski definition) is 1. The Morgan fingerprint density at radius 1 is 0.964 bits per heavy atom. The first-order valence-corrected chi connectivity index (χ1v) is 10.0. The number of hydrogen-bond acceptors (Lipinski definition) is 8. The third-order valence-corrected chi connectivity index (χ3v) is 5.50. The third kappa shape index (κ3) is 3.46. The monoisotopic (exact) mass is 390 g/mol. The Labute approximate surface area is 166 Å². The number of thiophene rings is 1. The molecule has 28 heavy (non-hydrogen) atoms. The van der Waals surface area contributed by atoms with Crippen LogP contribution in [0.4, 0.5) is 17.5 Å². The van der Waals surface area contributed by atoms with E-state index in [2.05, 4.69) is 30.2 Å². The molecule has 0 spiro atoms. The molecule has 0 radical (unpaired) electrons. The number of ether oxygens (including phenoxy) is 1. The summed E-state index contributed by atoms with van der Waals surface area (Å²) in [4.78, 5) is 19.7. The third-order valence-electron chi connectivity index (χ3n) is 4.61. The molecule has 5 rings (SSSR count). The minimum atomic E-state index is 0.572. The Morgan fingerprint density at radius 3 is 2.68 bits per heavy atom. The van der Waals surface area contributed by atoms with Gasteiger partial charge in [0.15, 0.2) is 0 Å². The predicted octanol–water partition coefficient (Wildman–Crippen LogP) is 4.62. The first-order valence-electron chi connectivity index (χ1n) is 9.16. The van der Waals surface area contributed by atoms with Gasteiger partial charge in [-0.2, -0.15) is 4.98 Å². The van der Waals surface area contributed by atoms with Gasteiger partial charge in [0.25, 0.3) is 0 Å². The first kappa shape index (κ1) is 16.9. The van der Waals surface area contributed by atoms with E-state index in [0.29, 0.717) is 17.6 Å². The van der Waals surface area contributed by atoms with Crippen molar-refractivity contribution in [2.24, 2.45) is 0 Å². The van der Waals surface area contributed by atoms with E-state index in [4.69, 9.17) is 4.74 Å². The van der Waals surface area contributed by atoms with E-state index in [9.17, 15) is 0 Å². The van der Waals surface area contributed by atoms with Crippen LogP contribution in [0.1, 0.15) is 12.8 Å². The number of anilines is 3. The average Bonchev–Trinajstić information content (AvgIpc) is 3.42. The van der Waals surface area contributed by atoms with E-state index >= 15 is 0 Å². The molecular weight excluding hydrogens is 372 g/mol. The van der Waals surface area contributed by atoms with Crippen molar-refractivity contribution in [2.45, 2.75) is 12.8 Å². The zero-order valence-electron chi connectivity index (χ0n) is 15.1. The van der Waals surface area contributed by atoms with E-state index < -0.39 is 0 Å². The van der Waals surface area contributed by atoms with Crippen LogP contribution < -0.4 is 15.0 Å². The van der Waals surface area contributed by atoms with Crippen LogP contribution in [0.3, 0.4) is 0 Å². The van der Waals surface area contributed by atoms with E-state index in [1.54, 1.807) is 17.5 Å². The number of nitrogens with zero attached hydrogens (tertiary/aromatic N) is 5. The SMILES string of the molecule is c1cc(N2CCCC2)nc(Nc2ccc(Oc3ncnc4ccsc34)cc2)n1. The van der Waals surface area contributed by atoms with Gasteiger partial charge in [-0.1, -0.05) is 0 Å². The lowest BCUT2D eigenvalue weighted by Gasteiger charge is -2.16. The van der Waals surface area contributed by atoms with Crippen LogP contribution in [0.5, 0.6) is 11.6 Å². The summed E-state index contributed by atoms with van der Waals surface area (Å²) in [5.41, 5.74) is 1.79. The van der Waals surface area contributed by atoms with Crippen LogP contribution in [0, 0.1) is 0 Å². The lowest BCUT2D eigenvalue weighted by atomic mass is 10.3. The quantitative estimate of drug-likeness (QED) is 0.533. The largest absolute Gasteiger partial charge is 0.437 e. The summed E-state index contributed by atoms with van der Waals surface area (Å²) in [6.45, 7) is 2.12. The molecule has 0 saturated carbocycles. The fourth-order valence-corrected chi connectivity index (χ4v) is 3.99. The van der Waals surface area contributed by atoms with Crippen molar-refractivity contribution in [2.75, 3.05) is 23.3 Å². The van der Waals surface area contributed by atoms with Gasteiger partial charge < -0.3 is 15.0 Å². The fourth-order valence-electron chi connectivity index (χ4n) is 3.22. The lowest BCUT2D eigenvalue weighted by Crippen LogP contribution is -2.19. The van der Waals surface area contributed by atoms with Crippen molar-refractivity contribution in [1.82, 2.24) is 19.9 Å². The number of fused-ring (bicyclic) bond motifs is 1. The number of nitrogens with one attached hydrogen (secondary N) is 1. The second kappa shape index (κ2) is 7.40. The molecule has 4 heterocycles. The lowest BCUT2D eigenvalue weighted by molar-refractivity contribution is 0.469. The van der Waals surface area contributed by atoms with Gasteiger partial charge in [0.2, 0.25) is 11.8 Å². The van der Waals surface area contributed by atoms with Crippen molar-refractivity contribution in [3.05, 3.63) is 54.3 Å². The minimum absolute atomic E-state index is 0.572. The zero-order valence-corrected chi connectivity index (χ0v) is 15.9. The molecule has 0 bridgehead atoms. The molecule has 4 aromatic rings. The highest BCUT2D eigenvalue weighted by Gasteiger charge is 2.14. The molecule has 1 fully saturated rings. The summed E-state index contributed by atoms with van der Waals surface area (Å²) < 4.78 is 6.88. The van der Waals surface area contributed by atoms with Gasteiger partial charge in [0.1, 0.15) is 22.6 Å². The van der Waals surface area contributed by atoms with Gasteiger partial charge >= 0.3 is 0 Å². The Balaban J connectivity index is 1.30. The highest BCUT2D eigenvalue weighted by Crippen LogP contribution is 2.31. The van der Waals surface area contributed by atoms with Crippen LogP contribution in [-0.2, 0) is 0 Å². The van der Waals surface area contributed by atoms with Crippen molar-refractivity contribution >= 4 is 39.0 Å². The van der Waals surface area contributed by atoms with E-state index in [0.717, 1.165) is 34.8 Å². The van der Waals surface area contributed by atoms with Gasteiger partial charge in [0.05, 0.1) is 5.52 Å². The van der Waals surface area contributed by atoms with E-state index in [1.807, 2.05) is 41.8 Å². The summed E-state index contributed by atoms with van der Waals surface area (Å²) in [7, 11) is 0. The normalized spacial score (nSPS) is 13.8. The molecule has 1 saturated heterocycles. The molecule has 0 atom stereocenters. The molecule has 0 unspecified atom stereocenters. The van der Waals surface area contributed by atoms with Crippen molar-refractivity contribution in [3.63, 3.8) is 0 Å². The molecule has 1 aromatic carbocycles. The number of rotatable bonds is 5. The summed E-state index contributed by atoms with van der Waals surface area (Å²) in [6, 6.07) is 11.6. The smallest absolute Gasteiger partial charge is 0.240 e. The van der Waals surface area contributed by atoms with Crippen LogP contribution >= 0.6 is 11.3 Å². The maximum absolute atomic E-state index is 5.94. The standard InChI is InChI=1S/C20H18N6OS/c1-2-11-26(10-1)17-7-9-21-20(25-17)24-14-3-5-15(6-4-14)27-19-18-16(8-12-28-18)22-13-23-19/h3-9,12-13H,1-2,10-11H2,(H,21,24,25). The Hall–Kier alpha value is -3.26.